The summed E-state index contributed by atoms with van der Waals surface area (Å²) >= 11 is 0. The second kappa shape index (κ2) is 5.86. The van der Waals surface area contributed by atoms with E-state index in [0.717, 1.165) is 25.7 Å². The van der Waals surface area contributed by atoms with Crippen molar-refractivity contribution in [3.8, 4) is 0 Å². The lowest BCUT2D eigenvalue weighted by atomic mass is 9.76. The maximum absolute atomic E-state index is 5.44. The van der Waals surface area contributed by atoms with Gasteiger partial charge in [0.05, 0.1) is 0 Å². The van der Waals surface area contributed by atoms with E-state index < -0.39 is 0 Å². The first kappa shape index (κ1) is 13.0. The highest BCUT2D eigenvalue weighted by atomic mass is 16.5. The predicted octanol–water partition coefficient (Wildman–Crippen LogP) is 2.83. The maximum Gasteiger partial charge on any atom is 0.0469 e. The molecule has 0 saturated carbocycles. The van der Waals surface area contributed by atoms with Gasteiger partial charge >= 0.3 is 0 Å². The number of ether oxygens (including phenoxy) is 1. The van der Waals surface area contributed by atoms with Crippen LogP contribution in [0.25, 0.3) is 0 Å². The van der Waals surface area contributed by atoms with Gasteiger partial charge in [0.25, 0.3) is 0 Å². The predicted molar refractivity (Wildman–Crippen MR) is 65.1 cm³/mol. The molecule has 1 aliphatic heterocycles. The van der Waals surface area contributed by atoms with Crippen LogP contribution in [0.3, 0.4) is 0 Å². The summed E-state index contributed by atoms with van der Waals surface area (Å²) in [5, 5.41) is 3.72. The maximum atomic E-state index is 5.44. The zero-order valence-corrected chi connectivity index (χ0v) is 10.8. The van der Waals surface area contributed by atoms with Gasteiger partial charge in [-0.25, -0.2) is 0 Å². The zero-order valence-electron chi connectivity index (χ0n) is 10.8. The monoisotopic (exact) mass is 213 g/mol. The average molecular weight is 213 g/mol. The van der Waals surface area contributed by atoms with Gasteiger partial charge in [-0.05, 0) is 37.1 Å². The highest BCUT2D eigenvalue weighted by Crippen LogP contribution is 2.31. The topological polar surface area (TPSA) is 21.3 Å². The molecule has 1 fully saturated rings. The van der Waals surface area contributed by atoms with Crippen LogP contribution in [-0.2, 0) is 4.74 Å². The van der Waals surface area contributed by atoms with Crippen molar-refractivity contribution in [2.24, 2.45) is 11.3 Å². The van der Waals surface area contributed by atoms with Gasteiger partial charge in [-0.1, -0.05) is 27.7 Å². The van der Waals surface area contributed by atoms with Gasteiger partial charge in [0.1, 0.15) is 0 Å². The molecule has 2 heteroatoms. The van der Waals surface area contributed by atoms with E-state index >= 15 is 0 Å². The first-order chi connectivity index (χ1) is 7.05. The Kier molecular flexibility index (Phi) is 5.07. The molecule has 0 radical (unpaired) electrons. The molecule has 1 aliphatic rings. The van der Waals surface area contributed by atoms with Crippen LogP contribution in [0.4, 0.5) is 0 Å². The van der Waals surface area contributed by atoms with E-state index in [1.165, 1.54) is 19.3 Å². The quantitative estimate of drug-likeness (QED) is 0.775. The molecule has 0 aliphatic carbocycles. The second-order valence-corrected chi connectivity index (χ2v) is 5.75. The normalized spacial score (nSPS) is 21.6. The summed E-state index contributed by atoms with van der Waals surface area (Å²) in [7, 11) is 0. The number of rotatable bonds is 4. The van der Waals surface area contributed by atoms with Crippen LogP contribution in [0.1, 0.15) is 47.0 Å². The lowest BCUT2D eigenvalue weighted by Gasteiger charge is -2.39. The summed E-state index contributed by atoms with van der Waals surface area (Å²) in [4.78, 5) is 0. The van der Waals surface area contributed by atoms with Crippen molar-refractivity contribution in [1.82, 2.24) is 5.32 Å². The Hall–Kier alpha value is -0.0800. The van der Waals surface area contributed by atoms with Crippen LogP contribution in [0.5, 0.6) is 0 Å². The van der Waals surface area contributed by atoms with E-state index in [2.05, 4.69) is 33.0 Å². The van der Waals surface area contributed by atoms with Gasteiger partial charge in [-0.2, -0.15) is 0 Å². The second-order valence-electron chi connectivity index (χ2n) is 5.75. The first-order valence-electron chi connectivity index (χ1n) is 6.37. The van der Waals surface area contributed by atoms with Crippen molar-refractivity contribution in [1.29, 1.82) is 0 Å². The van der Waals surface area contributed by atoms with E-state index in [4.69, 9.17) is 4.74 Å². The largest absolute Gasteiger partial charge is 0.381 e. The van der Waals surface area contributed by atoms with E-state index in [-0.39, 0.29) is 0 Å². The summed E-state index contributed by atoms with van der Waals surface area (Å²) in [6.07, 6.45) is 3.66. The van der Waals surface area contributed by atoms with Gasteiger partial charge in [-0.3, -0.25) is 0 Å². The van der Waals surface area contributed by atoms with Crippen LogP contribution in [0, 0.1) is 11.3 Å². The summed E-state index contributed by atoms with van der Waals surface area (Å²) < 4.78 is 5.44. The molecular formula is C13H27NO. The molecule has 1 N–H and O–H groups in total. The molecule has 1 unspecified atom stereocenters. The fourth-order valence-corrected chi connectivity index (χ4v) is 2.53. The SMILES string of the molecule is CCCNC(C1CCOCC1)C(C)(C)C. The minimum Gasteiger partial charge on any atom is -0.381 e. The molecule has 1 saturated heterocycles. The van der Waals surface area contributed by atoms with Crippen LogP contribution >= 0.6 is 0 Å². The van der Waals surface area contributed by atoms with Gasteiger partial charge in [0.15, 0.2) is 0 Å². The summed E-state index contributed by atoms with van der Waals surface area (Å²) in [5.41, 5.74) is 0.358. The molecule has 0 aromatic carbocycles. The minimum absolute atomic E-state index is 0.358. The van der Waals surface area contributed by atoms with E-state index in [1.54, 1.807) is 0 Å². The molecule has 0 spiro atoms. The fourth-order valence-electron chi connectivity index (χ4n) is 2.53. The third-order valence-corrected chi connectivity index (χ3v) is 3.28. The molecule has 0 amide bonds. The number of hydrogen-bond acceptors (Lipinski definition) is 2. The van der Waals surface area contributed by atoms with Crippen LogP contribution in [-0.4, -0.2) is 25.8 Å². The first-order valence-corrected chi connectivity index (χ1v) is 6.37. The molecule has 2 nitrogen and oxygen atoms in total. The molecule has 1 rings (SSSR count). The summed E-state index contributed by atoms with van der Waals surface area (Å²) in [5.74, 6) is 0.797. The van der Waals surface area contributed by atoms with Crippen LogP contribution in [0.15, 0.2) is 0 Å². The smallest absolute Gasteiger partial charge is 0.0469 e. The molecule has 1 heterocycles. The van der Waals surface area contributed by atoms with Crippen LogP contribution in [0.2, 0.25) is 0 Å². The summed E-state index contributed by atoms with van der Waals surface area (Å²) in [6.45, 7) is 12.3. The minimum atomic E-state index is 0.358. The molecule has 1 atom stereocenters. The van der Waals surface area contributed by atoms with E-state index in [9.17, 15) is 0 Å². The molecule has 15 heavy (non-hydrogen) atoms. The van der Waals surface area contributed by atoms with Crippen molar-refractivity contribution < 1.29 is 4.74 Å². The highest BCUT2D eigenvalue weighted by Gasteiger charge is 2.32. The van der Waals surface area contributed by atoms with Crippen molar-refractivity contribution >= 4 is 0 Å². The molecular weight excluding hydrogens is 186 g/mol. The molecule has 0 aromatic rings. The molecule has 0 bridgehead atoms. The number of nitrogens with one attached hydrogen (secondary N) is 1. The average Bonchev–Trinajstić information content (AvgIpc) is 2.18. The van der Waals surface area contributed by atoms with Crippen LogP contribution < -0.4 is 5.32 Å². The van der Waals surface area contributed by atoms with Crippen molar-refractivity contribution in [3.63, 3.8) is 0 Å². The Bertz CT molecular complexity index is 168. The molecule has 90 valence electrons. The Morgan fingerprint density at radius 1 is 1.27 bits per heavy atom. The van der Waals surface area contributed by atoms with Crippen molar-refractivity contribution in [2.45, 2.75) is 53.0 Å². The summed E-state index contributed by atoms with van der Waals surface area (Å²) in [6, 6.07) is 0.640. The van der Waals surface area contributed by atoms with Crippen molar-refractivity contribution in [3.05, 3.63) is 0 Å². The van der Waals surface area contributed by atoms with Gasteiger partial charge in [0.2, 0.25) is 0 Å². The van der Waals surface area contributed by atoms with E-state index in [1.807, 2.05) is 0 Å². The van der Waals surface area contributed by atoms with Gasteiger partial charge < -0.3 is 10.1 Å². The Morgan fingerprint density at radius 2 is 1.87 bits per heavy atom. The highest BCUT2D eigenvalue weighted by molar-refractivity contribution is 4.87. The zero-order chi connectivity index (χ0) is 11.3. The Labute approximate surface area is 94.8 Å². The van der Waals surface area contributed by atoms with Crippen molar-refractivity contribution in [2.75, 3.05) is 19.8 Å². The standard InChI is InChI=1S/C13H27NO/c1-5-8-14-12(13(2,3)4)11-6-9-15-10-7-11/h11-12,14H,5-10H2,1-4H3. The lowest BCUT2D eigenvalue weighted by Crippen LogP contribution is -2.47. The Balaban J connectivity index is 2.53. The third kappa shape index (κ3) is 4.12. The lowest BCUT2D eigenvalue weighted by molar-refractivity contribution is 0.0349. The van der Waals surface area contributed by atoms with Gasteiger partial charge in [-0.15, -0.1) is 0 Å². The van der Waals surface area contributed by atoms with Gasteiger partial charge in [0, 0.05) is 19.3 Å². The third-order valence-electron chi connectivity index (χ3n) is 3.28. The number of hydrogen-bond donors (Lipinski definition) is 1. The Morgan fingerprint density at radius 3 is 2.33 bits per heavy atom. The fraction of sp³-hybridized carbons (Fsp3) is 1.00. The van der Waals surface area contributed by atoms with E-state index in [0.29, 0.717) is 11.5 Å². The molecule has 0 aromatic heterocycles.